The Kier molecular flexibility index (Phi) is 7.79. The lowest BCUT2D eigenvalue weighted by molar-refractivity contribution is 0.191. The summed E-state index contributed by atoms with van der Waals surface area (Å²) >= 11 is 0. The van der Waals surface area contributed by atoms with Crippen molar-refractivity contribution in [2.45, 2.75) is 53.6 Å². The summed E-state index contributed by atoms with van der Waals surface area (Å²) in [7, 11) is 0. The molecule has 5 heteroatoms. The largest absolute Gasteiger partial charge is 0.503 e. The third kappa shape index (κ3) is 5.99. The van der Waals surface area contributed by atoms with E-state index in [1.54, 1.807) is 0 Å². The molecule has 1 aromatic rings. The summed E-state index contributed by atoms with van der Waals surface area (Å²) in [5.74, 6) is 0.802. The first kappa shape index (κ1) is 19.7. The molecule has 0 aliphatic rings. The fourth-order valence-electron chi connectivity index (χ4n) is 2.92. The van der Waals surface area contributed by atoms with Crippen LogP contribution in [-0.2, 0) is 6.54 Å². The van der Waals surface area contributed by atoms with E-state index in [0.29, 0.717) is 18.4 Å². The van der Waals surface area contributed by atoms with E-state index in [2.05, 4.69) is 32.6 Å². The van der Waals surface area contributed by atoms with Crippen LogP contribution < -0.4 is 5.43 Å². The number of hydrogen-bond acceptors (Lipinski definition) is 4. The standard InChI is InChI=1S/C18H32N2O3/c1-6-15(12-21)20-11-18(23)17(22)7-16(20)10-19(8-13(2)3)9-14(4)5/h7,11,13-15,21,23H,6,8-10,12H2,1-5H3. The van der Waals surface area contributed by atoms with Crippen LogP contribution in [0.25, 0.3) is 0 Å². The van der Waals surface area contributed by atoms with Crippen molar-refractivity contribution in [2.75, 3.05) is 19.7 Å². The summed E-state index contributed by atoms with van der Waals surface area (Å²) in [5.41, 5.74) is 0.480. The van der Waals surface area contributed by atoms with Crippen LogP contribution in [0, 0.1) is 11.8 Å². The maximum atomic E-state index is 11.9. The topological polar surface area (TPSA) is 65.7 Å². The summed E-state index contributed by atoms with van der Waals surface area (Å²) in [6.45, 7) is 13.2. The van der Waals surface area contributed by atoms with E-state index in [1.165, 1.54) is 12.3 Å². The van der Waals surface area contributed by atoms with Gasteiger partial charge in [-0.05, 0) is 18.3 Å². The van der Waals surface area contributed by atoms with Crippen molar-refractivity contribution in [3.8, 4) is 5.75 Å². The molecule has 0 aliphatic heterocycles. The molecule has 0 radical (unpaired) electrons. The minimum atomic E-state index is -0.363. The highest BCUT2D eigenvalue weighted by molar-refractivity contribution is 5.21. The second-order valence-electron chi connectivity index (χ2n) is 7.15. The average Bonchev–Trinajstić information content (AvgIpc) is 2.43. The number of aliphatic hydroxyl groups excluding tert-OH is 1. The van der Waals surface area contributed by atoms with Gasteiger partial charge in [0, 0.05) is 31.4 Å². The fraction of sp³-hybridized carbons (Fsp3) is 0.722. The minimum Gasteiger partial charge on any atom is -0.503 e. The second kappa shape index (κ2) is 9.08. The van der Waals surface area contributed by atoms with Crippen molar-refractivity contribution in [1.82, 2.24) is 9.47 Å². The van der Waals surface area contributed by atoms with Crippen LogP contribution in [0.4, 0.5) is 0 Å². The van der Waals surface area contributed by atoms with Gasteiger partial charge < -0.3 is 14.8 Å². The van der Waals surface area contributed by atoms with Crippen molar-refractivity contribution in [3.05, 3.63) is 28.2 Å². The molecule has 0 spiro atoms. The molecule has 23 heavy (non-hydrogen) atoms. The van der Waals surface area contributed by atoms with E-state index >= 15 is 0 Å². The Morgan fingerprint density at radius 1 is 1.17 bits per heavy atom. The SMILES string of the molecule is CCC(CO)n1cc(O)c(=O)cc1CN(CC(C)C)CC(C)C. The van der Waals surface area contributed by atoms with Crippen LogP contribution in [0.3, 0.4) is 0 Å². The molecule has 1 heterocycles. The van der Waals surface area contributed by atoms with Crippen LogP contribution in [0.5, 0.6) is 5.75 Å². The molecule has 1 unspecified atom stereocenters. The van der Waals surface area contributed by atoms with Gasteiger partial charge in [0.1, 0.15) is 0 Å². The van der Waals surface area contributed by atoms with E-state index in [0.717, 1.165) is 25.2 Å². The number of aliphatic hydroxyl groups is 1. The summed E-state index contributed by atoms with van der Waals surface area (Å²) in [6.07, 6.45) is 2.20. The van der Waals surface area contributed by atoms with Gasteiger partial charge in [-0.2, -0.15) is 0 Å². The monoisotopic (exact) mass is 324 g/mol. The molecular formula is C18H32N2O3. The van der Waals surface area contributed by atoms with Gasteiger partial charge in [-0.15, -0.1) is 0 Å². The zero-order valence-electron chi connectivity index (χ0n) is 15.1. The lowest BCUT2D eigenvalue weighted by Crippen LogP contribution is -2.33. The van der Waals surface area contributed by atoms with Gasteiger partial charge in [0.2, 0.25) is 5.43 Å². The van der Waals surface area contributed by atoms with Crippen LogP contribution in [0.15, 0.2) is 17.1 Å². The van der Waals surface area contributed by atoms with Gasteiger partial charge in [0.25, 0.3) is 0 Å². The lowest BCUT2D eigenvalue weighted by Gasteiger charge is -2.29. The summed E-state index contributed by atoms with van der Waals surface area (Å²) in [5, 5.41) is 19.4. The highest BCUT2D eigenvalue weighted by Gasteiger charge is 2.17. The second-order valence-corrected chi connectivity index (χ2v) is 7.15. The number of aromatic hydroxyl groups is 1. The Morgan fingerprint density at radius 3 is 2.17 bits per heavy atom. The number of rotatable bonds is 9. The number of aromatic nitrogens is 1. The van der Waals surface area contributed by atoms with Crippen LogP contribution >= 0.6 is 0 Å². The van der Waals surface area contributed by atoms with E-state index in [4.69, 9.17) is 0 Å². The van der Waals surface area contributed by atoms with E-state index in [-0.39, 0.29) is 23.8 Å². The smallest absolute Gasteiger partial charge is 0.223 e. The van der Waals surface area contributed by atoms with Crippen molar-refractivity contribution < 1.29 is 10.2 Å². The molecule has 132 valence electrons. The maximum Gasteiger partial charge on any atom is 0.223 e. The van der Waals surface area contributed by atoms with E-state index in [9.17, 15) is 15.0 Å². The van der Waals surface area contributed by atoms with Crippen molar-refractivity contribution in [2.24, 2.45) is 11.8 Å². The first-order chi connectivity index (χ1) is 10.8. The third-order valence-corrected chi connectivity index (χ3v) is 3.85. The highest BCUT2D eigenvalue weighted by Crippen LogP contribution is 2.18. The molecule has 5 nitrogen and oxygen atoms in total. The van der Waals surface area contributed by atoms with E-state index in [1.807, 2.05) is 11.5 Å². The zero-order chi connectivity index (χ0) is 17.6. The average molecular weight is 324 g/mol. The Hall–Kier alpha value is -1.33. The Labute approximate surface area is 139 Å². The molecule has 2 N–H and O–H groups in total. The van der Waals surface area contributed by atoms with Crippen LogP contribution in [0.1, 0.15) is 52.8 Å². The summed E-state index contributed by atoms with van der Waals surface area (Å²) in [6, 6.07) is 1.37. The quantitative estimate of drug-likeness (QED) is 0.733. The molecule has 0 aromatic carbocycles. The van der Waals surface area contributed by atoms with Gasteiger partial charge in [-0.1, -0.05) is 34.6 Å². The van der Waals surface area contributed by atoms with Crippen LogP contribution in [-0.4, -0.2) is 39.4 Å². The lowest BCUT2D eigenvalue weighted by atomic mass is 10.1. The molecule has 0 saturated heterocycles. The first-order valence-corrected chi connectivity index (χ1v) is 8.55. The summed E-state index contributed by atoms with van der Waals surface area (Å²) in [4.78, 5) is 14.2. The van der Waals surface area contributed by atoms with Gasteiger partial charge in [0.15, 0.2) is 5.75 Å². The molecule has 1 aromatic heterocycles. The summed E-state index contributed by atoms with van der Waals surface area (Å²) < 4.78 is 1.85. The van der Waals surface area contributed by atoms with Crippen molar-refractivity contribution >= 4 is 0 Å². The van der Waals surface area contributed by atoms with Gasteiger partial charge in [0.05, 0.1) is 18.8 Å². The number of pyridine rings is 1. The van der Waals surface area contributed by atoms with Crippen molar-refractivity contribution in [3.63, 3.8) is 0 Å². The fourth-order valence-corrected chi connectivity index (χ4v) is 2.92. The number of nitrogens with zero attached hydrogens (tertiary/aromatic N) is 2. The molecule has 1 rings (SSSR count). The predicted octanol–water partition coefficient (Wildman–Crippen LogP) is 2.61. The molecule has 0 aliphatic carbocycles. The first-order valence-electron chi connectivity index (χ1n) is 8.55. The van der Waals surface area contributed by atoms with Gasteiger partial charge >= 0.3 is 0 Å². The molecular weight excluding hydrogens is 292 g/mol. The molecule has 0 fully saturated rings. The normalized spacial score (nSPS) is 13.3. The Balaban J connectivity index is 3.16. The maximum absolute atomic E-state index is 11.9. The predicted molar refractivity (Wildman–Crippen MR) is 93.7 cm³/mol. The molecule has 0 saturated carbocycles. The zero-order valence-corrected chi connectivity index (χ0v) is 15.1. The molecule has 1 atom stereocenters. The van der Waals surface area contributed by atoms with Gasteiger partial charge in [-0.3, -0.25) is 9.69 Å². The van der Waals surface area contributed by atoms with Crippen molar-refractivity contribution in [1.29, 1.82) is 0 Å². The Morgan fingerprint density at radius 2 is 1.74 bits per heavy atom. The number of hydrogen-bond donors (Lipinski definition) is 2. The highest BCUT2D eigenvalue weighted by atomic mass is 16.3. The third-order valence-electron chi connectivity index (χ3n) is 3.85. The van der Waals surface area contributed by atoms with E-state index < -0.39 is 0 Å². The Bertz CT molecular complexity index is 524. The van der Waals surface area contributed by atoms with Gasteiger partial charge in [-0.25, -0.2) is 0 Å². The van der Waals surface area contributed by atoms with Crippen LogP contribution in [0.2, 0.25) is 0 Å². The molecule has 0 bridgehead atoms. The minimum absolute atomic E-state index is 0.0137. The molecule has 0 amide bonds.